The second-order valence-electron chi connectivity index (χ2n) is 8.37. The Morgan fingerprint density at radius 2 is 1.38 bits per heavy atom. The lowest BCUT2D eigenvalue weighted by atomic mass is 9.94. The van der Waals surface area contributed by atoms with E-state index in [2.05, 4.69) is 4.98 Å². The van der Waals surface area contributed by atoms with Crippen LogP contribution in [0.5, 0.6) is 0 Å². The average Bonchev–Trinajstić information content (AvgIpc) is 2.89. The largest absolute Gasteiger partial charge is 0.394 e. The lowest BCUT2D eigenvalue weighted by molar-refractivity contribution is -0.384. The van der Waals surface area contributed by atoms with Gasteiger partial charge in [0, 0.05) is 29.9 Å². The fourth-order valence-corrected chi connectivity index (χ4v) is 4.39. The van der Waals surface area contributed by atoms with Gasteiger partial charge in [-0.25, -0.2) is 0 Å². The minimum atomic E-state index is -0.683. The molecule has 2 unspecified atom stereocenters. The molecule has 0 spiro atoms. The summed E-state index contributed by atoms with van der Waals surface area (Å²) >= 11 is 0. The monoisotopic (exact) mass is 462 g/mol. The Morgan fingerprint density at radius 3 is 1.94 bits per heavy atom. The number of hydrogen-bond donors (Lipinski definition) is 2. The minimum absolute atomic E-state index is 0.235. The van der Waals surface area contributed by atoms with Gasteiger partial charge in [0.05, 0.1) is 18.3 Å². The Bertz CT molecular complexity index is 1110. The molecule has 8 nitrogen and oxygen atoms in total. The zero-order chi connectivity index (χ0) is 23.5. The fraction of sp³-hybridized carbons (Fsp3) is 0.308. The molecule has 3 N–H and O–H groups in total. The molecule has 2 aromatic carbocycles. The van der Waals surface area contributed by atoms with Crippen LogP contribution in [0.1, 0.15) is 39.6 Å². The molecule has 2 aliphatic heterocycles. The van der Waals surface area contributed by atoms with Gasteiger partial charge >= 0.3 is 0 Å². The molecule has 34 heavy (non-hydrogen) atoms. The van der Waals surface area contributed by atoms with E-state index in [4.69, 9.17) is 24.7 Å². The second-order valence-corrected chi connectivity index (χ2v) is 8.37. The van der Waals surface area contributed by atoms with Gasteiger partial charge in [0.15, 0.2) is 12.6 Å². The van der Waals surface area contributed by atoms with Gasteiger partial charge < -0.3 is 29.8 Å². The van der Waals surface area contributed by atoms with Crippen molar-refractivity contribution >= 4 is 5.91 Å². The maximum atomic E-state index is 11.7. The number of benzene rings is 2. The predicted molar refractivity (Wildman–Crippen MR) is 121 cm³/mol. The second kappa shape index (κ2) is 10.0. The first-order chi connectivity index (χ1) is 16.6. The van der Waals surface area contributed by atoms with Crippen molar-refractivity contribution in [3.63, 3.8) is 0 Å². The van der Waals surface area contributed by atoms with Crippen LogP contribution in [0.15, 0.2) is 79.1 Å². The van der Waals surface area contributed by atoms with Gasteiger partial charge in [0.2, 0.25) is 5.91 Å². The summed E-state index contributed by atoms with van der Waals surface area (Å²) in [4.78, 5) is 15.8. The van der Waals surface area contributed by atoms with Gasteiger partial charge in [-0.2, -0.15) is 0 Å². The molecule has 2 saturated heterocycles. The molecular formula is C26H26N2O6. The first-order valence-electron chi connectivity index (χ1n) is 11.2. The number of aliphatic hydroxyl groups is 1. The first kappa shape index (κ1) is 22.6. The van der Waals surface area contributed by atoms with Gasteiger partial charge in [0.25, 0.3) is 0 Å². The van der Waals surface area contributed by atoms with Crippen LogP contribution in [-0.4, -0.2) is 47.0 Å². The number of primary amides is 1. The molecule has 5 rings (SSSR count). The molecule has 2 fully saturated rings. The number of rotatable bonds is 6. The first-order valence-corrected chi connectivity index (χ1v) is 11.2. The van der Waals surface area contributed by atoms with Crippen LogP contribution >= 0.6 is 0 Å². The van der Waals surface area contributed by atoms with E-state index >= 15 is 0 Å². The number of amides is 1. The summed E-state index contributed by atoms with van der Waals surface area (Å²) in [6, 6.07) is 20.8. The number of nitrogens with zero attached hydrogens (tertiary/aromatic N) is 1. The molecule has 2 aliphatic rings. The van der Waals surface area contributed by atoms with E-state index < -0.39 is 42.9 Å². The smallest absolute Gasteiger partial charge is 0.250 e. The maximum absolute atomic E-state index is 11.7. The van der Waals surface area contributed by atoms with Gasteiger partial charge in [-0.3, -0.25) is 9.78 Å². The van der Waals surface area contributed by atoms with Crippen LogP contribution in [0.3, 0.4) is 0 Å². The van der Waals surface area contributed by atoms with Crippen molar-refractivity contribution in [1.82, 2.24) is 4.98 Å². The third-order valence-electron chi connectivity index (χ3n) is 6.05. The molecule has 6 atom stereocenters. The summed E-state index contributed by atoms with van der Waals surface area (Å²) < 4.78 is 25.1. The van der Waals surface area contributed by atoms with Crippen LogP contribution in [-0.2, 0) is 25.4 Å². The van der Waals surface area contributed by atoms with Crippen molar-refractivity contribution in [2.75, 3.05) is 6.61 Å². The molecular weight excluding hydrogens is 436 g/mol. The van der Waals surface area contributed by atoms with Gasteiger partial charge in [-0.1, -0.05) is 60.7 Å². The topological polar surface area (TPSA) is 113 Å². The number of ether oxygens (including phenoxy) is 4. The number of aromatic nitrogens is 1. The third-order valence-corrected chi connectivity index (χ3v) is 6.05. The number of nitrogens with two attached hydrogens (primary N) is 1. The van der Waals surface area contributed by atoms with E-state index in [1.54, 1.807) is 12.3 Å². The highest BCUT2D eigenvalue weighted by atomic mass is 16.8. The normalized spacial score (nSPS) is 28.7. The van der Waals surface area contributed by atoms with Crippen molar-refractivity contribution < 1.29 is 28.8 Å². The fourth-order valence-electron chi connectivity index (χ4n) is 4.39. The van der Waals surface area contributed by atoms with Crippen LogP contribution in [0.4, 0.5) is 0 Å². The number of fused-ring (bicyclic) bond motifs is 1. The van der Waals surface area contributed by atoms with E-state index in [0.717, 1.165) is 16.7 Å². The SMILES string of the molecule is NC(=O)c1cncc(C[C@H]2OC(c3ccccc3)O[C@H]3[C@H]2OC(c2ccccc2)O[C@@H]3CO)c1. The summed E-state index contributed by atoms with van der Waals surface area (Å²) in [5, 5.41) is 10.2. The van der Waals surface area contributed by atoms with Crippen LogP contribution < -0.4 is 5.73 Å². The predicted octanol–water partition coefficient (Wildman–Crippen LogP) is 2.68. The van der Waals surface area contributed by atoms with Crippen molar-refractivity contribution in [2.45, 2.75) is 43.4 Å². The summed E-state index contributed by atoms with van der Waals surface area (Å²) in [6.45, 7) is -0.235. The van der Waals surface area contributed by atoms with Crippen LogP contribution in [0.2, 0.25) is 0 Å². The third kappa shape index (κ3) is 4.72. The minimum Gasteiger partial charge on any atom is -0.394 e. The Kier molecular flexibility index (Phi) is 6.66. The molecule has 0 saturated carbocycles. The maximum Gasteiger partial charge on any atom is 0.250 e. The Labute approximate surface area is 197 Å². The Hall–Kier alpha value is -3.14. The number of carbonyl (C=O) groups is 1. The molecule has 0 bridgehead atoms. The molecule has 176 valence electrons. The number of hydrogen-bond acceptors (Lipinski definition) is 7. The highest BCUT2D eigenvalue weighted by molar-refractivity contribution is 5.92. The van der Waals surface area contributed by atoms with Crippen LogP contribution in [0.25, 0.3) is 0 Å². The Balaban J connectivity index is 1.47. The van der Waals surface area contributed by atoms with E-state index in [0.29, 0.717) is 12.0 Å². The van der Waals surface area contributed by atoms with Gasteiger partial charge in [-0.15, -0.1) is 0 Å². The highest BCUT2D eigenvalue weighted by Crippen LogP contribution is 2.41. The van der Waals surface area contributed by atoms with E-state index in [1.165, 1.54) is 6.20 Å². The number of pyridine rings is 1. The zero-order valence-corrected chi connectivity index (χ0v) is 18.4. The average molecular weight is 463 g/mol. The summed E-state index contributed by atoms with van der Waals surface area (Å²) in [7, 11) is 0. The quantitative estimate of drug-likeness (QED) is 0.579. The molecule has 0 radical (unpaired) electrons. The molecule has 1 amide bonds. The molecule has 1 aromatic heterocycles. The van der Waals surface area contributed by atoms with Gasteiger partial charge in [-0.05, 0) is 11.6 Å². The number of carbonyl (C=O) groups excluding carboxylic acids is 1. The van der Waals surface area contributed by atoms with E-state index in [1.807, 2.05) is 60.7 Å². The van der Waals surface area contributed by atoms with Crippen molar-refractivity contribution in [3.05, 3.63) is 101 Å². The highest BCUT2D eigenvalue weighted by Gasteiger charge is 2.50. The molecule has 3 aromatic rings. The lowest BCUT2D eigenvalue weighted by Gasteiger charge is -2.49. The van der Waals surface area contributed by atoms with Gasteiger partial charge in [0.1, 0.15) is 18.3 Å². The zero-order valence-electron chi connectivity index (χ0n) is 18.4. The molecule has 3 heterocycles. The van der Waals surface area contributed by atoms with Crippen LogP contribution in [0, 0.1) is 0 Å². The van der Waals surface area contributed by atoms with Crippen molar-refractivity contribution in [1.29, 1.82) is 0 Å². The Morgan fingerprint density at radius 1 is 0.824 bits per heavy atom. The standard InChI is InChI=1S/C26H26N2O6/c27-24(30)19-11-16(13-28-14-19)12-20-22-23(34-25(31-20)17-7-3-1-4-8-17)21(15-29)32-26(33-22)18-9-5-2-6-10-18/h1-11,13-14,20-23,25-26,29H,12,15H2,(H2,27,30)/t20-,21-,22+,23-,25?,26?/m1/s1. The summed E-state index contributed by atoms with van der Waals surface area (Å²) in [5.74, 6) is -0.547. The summed E-state index contributed by atoms with van der Waals surface area (Å²) in [6.07, 6.45) is -0.0161. The van der Waals surface area contributed by atoms with E-state index in [9.17, 15) is 9.90 Å². The molecule has 0 aliphatic carbocycles. The van der Waals surface area contributed by atoms with Crippen molar-refractivity contribution in [3.8, 4) is 0 Å². The van der Waals surface area contributed by atoms with E-state index in [-0.39, 0.29) is 6.61 Å². The van der Waals surface area contributed by atoms with Crippen molar-refractivity contribution in [2.24, 2.45) is 5.73 Å². The lowest BCUT2D eigenvalue weighted by Crippen LogP contribution is -2.59. The summed E-state index contributed by atoms with van der Waals surface area (Å²) in [5.41, 5.74) is 8.22. The number of aliphatic hydroxyl groups excluding tert-OH is 1. The molecule has 8 heteroatoms.